The Bertz CT molecular complexity index is 1100. The van der Waals surface area contributed by atoms with Crippen molar-refractivity contribution in [2.45, 2.75) is 19.4 Å². The first-order valence-electron chi connectivity index (χ1n) is 9.16. The first-order chi connectivity index (χ1) is 14.2. The molecule has 0 spiro atoms. The zero-order valence-corrected chi connectivity index (χ0v) is 15.9. The monoisotopic (exact) mass is 392 g/mol. The van der Waals surface area contributed by atoms with E-state index in [2.05, 4.69) is 30.5 Å². The highest BCUT2D eigenvalue weighted by Gasteiger charge is 2.05. The van der Waals surface area contributed by atoms with Crippen LogP contribution in [0.4, 0.5) is 4.79 Å². The number of carbonyl (C=O) groups excluding carboxylic acids is 1. The average molecular weight is 392 g/mol. The SMILES string of the molecule is Cn1cc(-c2ccc(CNC(=O)OCCCc3cnc4ncnn4c3)cn2)cn1. The lowest BCUT2D eigenvalue weighted by Crippen LogP contribution is -2.24. The fourth-order valence-corrected chi connectivity index (χ4v) is 2.81. The molecule has 0 aliphatic carbocycles. The van der Waals surface area contributed by atoms with Gasteiger partial charge in [-0.3, -0.25) is 9.67 Å². The molecule has 29 heavy (non-hydrogen) atoms. The normalized spacial score (nSPS) is 10.9. The molecule has 0 saturated carbocycles. The number of rotatable bonds is 7. The van der Waals surface area contributed by atoms with Crippen molar-refractivity contribution >= 4 is 11.9 Å². The van der Waals surface area contributed by atoms with Gasteiger partial charge in [-0.2, -0.15) is 15.2 Å². The van der Waals surface area contributed by atoms with E-state index < -0.39 is 6.09 Å². The Morgan fingerprint density at radius 2 is 1.97 bits per heavy atom. The Kier molecular flexibility index (Phi) is 5.41. The number of nitrogens with zero attached hydrogens (tertiary/aromatic N) is 7. The molecule has 4 aromatic heterocycles. The van der Waals surface area contributed by atoms with Gasteiger partial charge in [-0.15, -0.1) is 0 Å². The van der Waals surface area contributed by atoms with Crippen molar-refractivity contribution in [1.82, 2.24) is 39.7 Å². The van der Waals surface area contributed by atoms with Crippen molar-refractivity contribution in [3.8, 4) is 11.3 Å². The van der Waals surface area contributed by atoms with Crippen LogP contribution in [0.25, 0.3) is 17.0 Å². The highest BCUT2D eigenvalue weighted by Crippen LogP contribution is 2.15. The van der Waals surface area contributed by atoms with Gasteiger partial charge in [0.1, 0.15) is 6.33 Å². The van der Waals surface area contributed by atoms with Gasteiger partial charge in [0.25, 0.3) is 5.78 Å². The minimum Gasteiger partial charge on any atom is -0.450 e. The number of hydrogen-bond donors (Lipinski definition) is 1. The molecule has 10 heteroatoms. The standard InChI is InChI=1S/C19H20N8O2/c1-26-12-16(10-24-26)17-5-4-14(7-20-17)8-22-19(28)29-6-2-3-15-9-21-18-23-13-25-27(18)11-15/h4-5,7,9-13H,2-3,6,8H2,1H3,(H,22,28). The molecule has 1 amide bonds. The number of amides is 1. The largest absolute Gasteiger partial charge is 0.450 e. The first kappa shape index (κ1) is 18.5. The van der Waals surface area contributed by atoms with E-state index in [-0.39, 0.29) is 0 Å². The van der Waals surface area contributed by atoms with Crippen molar-refractivity contribution in [2.24, 2.45) is 7.05 Å². The summed E-state index contributed by atoms with van der Waals surface area (Å²) in [5.74, 6) is 0.562. The molecule has 0 atom stereocenters. The molecular weight excluding hydrogens is 372 g/mol. The van der Waals surface area contributed by atoms with Gasteiger partial charge in [0, 0.05) is 43.9 Å². The molecule has 0 unspecified atom stereocenters. The maximum Gasteiger partial charge on any atom is 0.407 e. The van der Waals surface area contributed by atoms with Crippen molar-refractivity contribution in [1.29, 1.82) is 0 Å². The molecule has 0 aromatic carbocycles. The number of aryl methyl sites for hydroxylation is 2. The molecule has 148 valence electrons. The molecule has 0 aliphatic rings. The Morgan fingerprint density at radius 1 is 1.07 bits per heavy atom. The Morgan fingerprint density at radius 3 is 2.76 bits per heavy atom. The third-order valence-corrected chi connectivity index (χ3v) is 4.29. The molecule has 10 nitrogen and oxygen atoms in total. The van der Waals surface area contributed by atoms with E-state index >= 15 is 0 Å². The van der Waals surface area contributed by atoms with E-state index in [1.54, 1.807) is 27.8 Å². The van der Waals surface area contributed by atoms with Crippen LogP contribution in [-0.4, -0.2) is 47.0 Å². The third kappa shape index (κ3) is 4.72. The van der Waals surface area contributed by atoms with Crippen LogP contribution in [0.5, 0.6) is 0 Å². The van der Waals surface area contributed by atoms with Gasteiger partial charge in [-0.05, 0) is 30.0 Å². The summed E-state index contributed by atoms with van der Waals surface area (Å²) in [5.41, 5.74) is 3.68. The minimum absolute atomic E-state index is 0.319. The summed E-state index contributed by atoms with van der Waals surface area (Å²) in [6.45, 7) is 0.672. The molecule has 0 bridgehead atoms. The van der Waals surface area contributed by atoms with E-state index in [9.17, 15) is 4.79 Å². The molecule has 0 fully saturated rings. The Labute approximate surface area is 166 Å². The van der Waals surface area contributed by atoms with Crippen LogP contribution in [-0.2, 0) is 24.8 Å². The van der Waals surface area contributed by atoms with E-state index in [0.717, 1.165) is 28.8 Å². The number of fused-ring (bicyclic) bond motifs is 1. The topological polar surface area (TPSA) is 112 Å². The van der Waals surface area contributed by atoms with Crippen molar-refractivity contribution < 1.29 is 9.53 Å². The number of aromatic nitrogens is 7. The van der Waals surface area contributed by atoms with E-state index in [0.29, 0.717) is 25.4 Å². The van der Waals surface area contributed by atoms with Crippen molar-refractivity contribution in [3.63, 3.8) is 0 Å². The molecular formula is C19H20N8O2. The summed E-state index contributed by atoms with van der Waals surface area (Å²) >= 11 is 0. The fraction of sp³-hybridized carbons (Fsp3) is 0.263. The summed E-state index contributed by atoms with van der Waals surface area (Å²) in [4.78, 5) is 24.5. The van der Waals surface area contributed by atoms with Crippen LogP contribution in [0.3, 0.4) is 0 Å². The summed E-state index contributed by atoms with van der Waals surface area (Å²) < 4.78 is 8.57. The molecule has 0 aliphatic heterocycles. The Hall–Kier alpha value is -3.82. The van der Waals surface area contributed by atoms with Gasteiger partial charge in [-0.1, -0.05) is 6.07 Å². The number of nitrogens with one attached hydrogen (secondary N) is 1. The van der Waals surface area contributed by atoms with Crippen molar-refractivity contribution in [2.75, 3.05) is 6.61 Å². The average Bonchev–Trinajstić information content (AvgIpc) is 3.38. The first-order valence-corrected chi connectivity index (χ1v) is 9.16. The summed E-state index contributed by atoms with van der Waals surface area (Å²) in [6, 6.07) is 3.82. The third-order valence-electron chi connectivity index (χ3n) is 4.29. The molecule has 1 N–H and O–H groups in total. The van der Waals surface area contributed by atoms with Gasteiger partial charge in [0.15, 0.2) is 0 Å². The van der Waals surface area contributed by atoms with Crippen molar-refractivity contribution in [3.05, 3.63) is 60.6 Å². The van der Waals surface area contributed by atoms with Crippen LogP contribution < -0.4 is 5.32 Å². The second-order valence-corrected chi connectivity index (χ2v) is 6.51. The number of pyridine rings is 1. The quantitative estimate of drug-likeness (QED) is 0.477. The van der Waals surface area contributed by atoms with Crippen LogP contribution in [0.15, 0.2) is 49.4 Å². The molecule has 4 rings (SSSR count). The predicted molar refractivity (Wildman–Crippen MR) is 104 cm³/mol. The van der Waals surface area contributed by atoms with Crippen LogP contribution in [0, 0.1) is 0 Å². The van der Waals surface area contributed by atoms with E-state index in [1.807, 2.05) is 31.6 Å². The summed E-state index contributed by atoms with van der Waals surface area (Å²) in [7, 11) is 1.86. The molecule has 0 radical (unpaired) electrons. The van der Waals surface area contributed by atoms with Crippen LogP contribution in [0.1, 0.15) is 17.5 Å². The lowest BCUT2D eigenvalue weighted by atomic mass is 10.2. The summed E-state index contributed by atoms with van der Waals surface area (Å²) in [5, 5.41) is 10.9. The highest BCUT2D eigenvalue weighted by molar-refractivity contribution is 5.67. The van der Waals surface area contributed by atoms with Gasteiger partial charge >= 0.3 is 6.09 Å². The predicted octanol–water partition coefficient (Wildman–Crippen LogP) is 1.78. The van der Waals surface area contributed by atoms with Crippen LogP contribution >= 0.6 is 0 Å². The highest BCUT2D eigenvalue weighted by atomic mass is 16.5. The van der Waals surface area contributed by atoms with Gasteiger partial charge in [0.05, 0.1) is 18.5 Å². The van der Waals surface area contributed by atoms with Crippen LogP contribution in [0.2, 0.25) is 0 Å². The zero-order valence-electron chi connectivity index (χ0n) is 15.9. The number of carbonyl (C=O) groups is 1. The number of hydrogen-bond acceptors (Lipinski definition) is 7. The molecule has 4 heterocycles. The fourth-order valence-electron chi connectivity index (χ4n) is 2.81. The zero-order chi connectivity index (χ0) is 20.1. The molecule has 0 saturated heterocycles. The maximum absolute atomic E-state index is 11.9. The second kappa shape index (κ2) is 8.46. The van der Waals surface area contributed by atoms with E-state index in [4.69, 9.17) is 4.74 Å². The maximum atomic E-state index is 11.9. The number of ether oxygens (including phenoxy) is 1. The molecule has 4 aromatic rings. The Balaban J connectivity index is 1.18. The van der Waals surface area contributed by atoms with E-state index in [1.165, 1.54) is 6.33 Å². The lowest BCUT2D eigenvalue weighted by Gasteiger charge is -2.07. The second-order valence-electron chi connectivity index (χ2n) is 6.51. The van der Waals surface area contributed by atoms with Gasteiger partial charge in [0.2, 0.25) is 0 Å². The smallest absolute Gasteiger partial charge is 0.407 e. The van der Waals surface area contributed by atoms with Gasteiger partial charge in [-0.25, -0.2) is 14.3 Å². The van der Waals surface area contributed by atoms with Gasteiger partial charge < -0.3 is 10.1 Å². The minimum atomic E-state index is -0.453. The lowest BCUT2D eigenvalue weighted by molar-refractivity contribution is 0.144. The summed E-state index contributed by atoms with van der Waals surface area (Å²) in [6.07, 6.45) is 11.5. The number of alkyl carbamates (subject to hydrolysis) is 1.